The van der Waals surface area contributed by atoms with Gasteiger partial charge in [0.25, 0.3) is 0 Å². The number of carbonyl (C=O) groups excluding carboxylic acids is 2. The number of likely N-dealkylation sites (tertiary alicyclic amines) is 1. The molecule has 0 aliphatic carbocycles. The zero-order chi connectivity index (χ0) is 15.9. The minimum atomic E-state index is -0.437. The third kappa shape index (κ3) is 7.34. The average molecular weight is 299 g/mol. The van der Waals surface area contributed by atoms with Gasteiger partial charge in [0, 0.05) is 19.5 Å². The van der Waals surface area contributed by atoms with Crippen LogP contribution in [0.3, 0.4) is 0 Å². The van der Waals surface area contributed by atoms with E-state index in [0.29, 0.717) is 18.9 Å². The first kappa shape index (κ1) is 17.8. The molecule has 0 aromatic carbocycles. The first-order chi connectivity index (χ1) is 9.81. The maximum Gasteiger partial charge on any atom is 0.410 e. The molecule has 0 unspecified atom stereocenters. The van der Waals surface area contributed by atoms with Crippen molar-refractivity contribution in [3.05, 3.63) is 0 Å². The van der Waals surface area contributed by atoms with E-state index in [1.807, 2.05) is 27.7 Å². The minimum absolute atomic E-state index is 0.108. The van der Waals surface area contributed by atoms with Crippen LogP contribution in [-0.4, -0.2) is 42.3 Å². The van der Waals surface area contributed by atoms with Crippen molar-refractivity contribution in [2.24, 2.45) is 5.92 Å². The highest BCUT2D eigenvalue weighted by Gasteiger charge is 2.26. The minimum Gasteiger partial charge on any atom is -0.466 e. The SMILES string of the molecule is CCOC(=O)CCCC1CCN(C(=O)OC(C)(C)C)CC1. The van der Waals surface area contributed by atoms with Crippen molar-refractivity contribution in [2.75, 3.05) is 19.7 Å². The molecular formula is C16H29NO4. The first-order valence-corrected chi connectivity index (χ1v) is 7.95. The van der Waals surface area contributed by atoms with E-state index in [4.69, 9.17) is 9.47 Å². The maximum absolute atomic E-state index is 11.9. The van der Waals surface area contributed by atoms with Gasteiger partial charge in [-0.1, -0.05) is 0 Å². The van der Waals surface area contributed by atoms with Gasteiger partial charge in [0.1, 0.15) is 5.60 Å². The smallest absolute Gasteiger partial charge is 0.410 e. The van der Waals surface area contributed by atoms with Crippen molar-refractivity contribution in [3.8, 4) is 0 Å². The van der Waals surface area contributed by atoms with Crippen LogP contribution in [0, 0.1) is 5.92 Å². The predicted octanol–water partition coefficient (Wildman–Crippen LogP) is 3.37. The first-order valence-electron chi connectivity index (χ1n) is 7.95. The summed E-state index contributed by atoms with van der Waals surface area (Å²) in [6, 6.07) is 0. The molecule has 0 saturated carbocycles. The van der Waals surface area contributed by atoms with Crippen LogP contribution in [0.5, 0.6) is 0 Å². The van der Waals surface area contributed by atoms with Gasteiger partial charge in [-0.2, -0.15) is 0 Å². The number of hydrogen-bond acceptors (Lipinski definition) is 4. The van der Waals surface area contributed by atoms with Crippen molar-refractivity contribution in [1.29, 1.82) is 0 Å². The summed E-state index contributed by atoms with van der Waals surface area (Å²) < 4.78 is 10.3. The molecule has 21 heavy (non-hydrogen) atoms. The summed E-state index contributed by atoms with van der Waals surface area (Å²) in [7, 11) is 0. The van der Waals surface area contributed by atoms with E-state index in [1.165, 1.54) is 0 Å². The molecule has 5 nitrogen and oxygen atoms in total. The largest absolute Gasteiger partial charge is 0.466 e. The van der Waals surface area contributed by atoms with Gasteiger partial charge in [-0.3, -0.25) is 4.79 Å². The molecule has 1 heterocycles. The average Bonchev–Trinajstić information content (AvgIpc) is 2.38. The molecule has 1 aliphatic heterocycles. The van der Waals surface area contributed by atoms with Gasteiger partial charge < -0.3 is 14.4 Å². The lowest BCUT2D eigenvalue weighted by atomic mass is 9.92. The fourth-order valence-corrected chi connectivity index (χ4v) is 2.50. The Hall–Kier alpha value is -1.26. The number of amides is 1. The standard InChI is InChI=1S/C16H29NO4/c1-5-20-14(18)8-6-7-13-9-11-17(12-10-13)15(19)21-16(2,3)4/h13H,5-12H2,1-4H3. The molecule has 122 valence electrons. The number of nitrogens with zero attached hydrogens (tertiary/aromatic N) is 1. The second-order valence-electron chi connectivity index (χ2n) is 6.61. The van der Waals surface area contributed by atoms with Crippen LogP contribution in [-0.2, 0) is 14.3 Å². The summed E-state index contributed by atoms with van der Waals surface area (Å²) in [5.41, 5.74) is -0.437. The molecule has 0 spiro atoms. The summed E-state index contributed by atoms with van der Waals surface area (Å²) in [6.45, 7) is 9.42. The Kier molecular flexibility index (Phi) is 6.99. The number of rotatable bonds is 5. The van der Waals surface area contributed by atoms with Crippen molar-refractivity contribution in [2.45, 2.75) is 65.4 Å². The molecule has 1 fully saturated rings. The van der Waals surface area contributed by atoms with Gasteiger partial charge in [0.05, 0.1) is 6.61 Å². The topological polar surface area (TPSA) is 55.8 Å². The monoisotopic (exact) mass is 299 g/mol. The van der Waals surface area contributed by atoms with E-state index in [0.717, 1.165) is 38.8 Å². The summed E-state index contributed by atoms with van der Waals surface area (Å²) in [5.74, 6) is 0.488. The van der Waals surface area contributed by atoms with Gasteiger partial charge in [0.2, 0.25) is 0 Å². The summed E-state index contributed by atoms with van der Waals surface area (Å²) in [6.07, 6.45) is 4.16. The third-order valence-electron chi connectivity index (χ3n) is 3.56. The molecular weight excluding hydrogens is 270 g/mol. The molecule has 1 saturated heterocycles. The lowest BCUT2D eigenvalue weighted by Gasteiger charge is -2.33. The normalized spacial score (nSPS) is 16.7. The van der Waals surface area contributed by atoms with Crippen LogP contribution < -0.4 is 0 Å². The molecule has 0 atom stereocenters. The van der Waals surface area contributed by atoms with Crippen molar-refractivity contribution < 1.29 is 19.1 Å². The predicted molar refractivity (Wildman–Crippen MR) is 81.0 cm³/mol. The van der Waals surface area contributed by atoms with E-state index in [-0.39, 0.29) is 12.1 Å². The van der Waals surface area contributed by atoms with Gasteiger partial charge in [-0.05, 0) is 59.3 Å². The van der Waals surface area contributed by atoms with Crippen LogP contribution in [0.15, 0.2) is 0 Å². The van der Waals surface area contributed by atoms with Gasteiger partial charge in [-0.15, -0.1) is 0 Å². The number of hydrogen-bond donors (Lipinski definition) is 0. The Morgan fingerprint density at radius 3 is 2.33 bits per heavy atom. The zero-order valence-electron chi connectivity index (χ0n) is 13.8. The Morgan fingerprint density at radius 2 is 1.81 bits per heavy atom. The van der Waals surface area contributed by atoms with Crippen molar-refractivity contribution in [3.63, 3.8) is 0 Å². The molecule has 0 bridgehead atoms. The van der Waals surface area contributed by atoms with Gasteiger partial charge in [0.15, 0.2) is 0 Å². The third-order valence-corrected chi connectivity index (χ3v) is 3.56. The molecule has 1 amide bonds. The highest BCUT2D eigenvalue weighted by atomic mass is 16.6. The van der Waals surface area contributed by atoms with E-state index in [1.54, 1.807) is 4.90 Å². The van der Waals surface area contributed by atoms with Crippen molar-refractivity contribution in [1.82, 2.24) is 4.90 Å². The second-order valence-corrected chi connectivity index (χ2v) is 6.61. The van der Waals surface area contributed by atoms with Crippen LogP contribution in [0.2, 0.25) is 0 Å². The summed E-state index contributed by atoms with van der Waals surface area (Å²) >= 11 is 0. The molecule has 5 heteroatoms. The lowest BCUT2D eigenvalue weighted by Crippen LogP contribution is -2.41. The number of carbonyl (C=O) groups is 2. The fraction of sp³-hybridized carbons (Fsp3) is 0.875. The Bertz CT molecular complexity index is 341. The quantitative estimate of drug-likeness (QED) is 0.730. The van der Waals surface area contributed by atoms with Crippen LogP contribution in [0.1, 0.15) is 59.8 Å². The zero-order valence-corrected chi connectivity index (χ0v) is 13.8. The molecule has 0 aromatic heterocycles. The van der Waals surface area contributed by atoms with E-state index in [2.05, 4.69) is 0 Å². The van der Waals surface area contributed by atoms with Gasteiger partial charge >= 0.3 is 12.1 Å². The molecule has 1 aliphatic rings. The number of esters is 1. The fourth-order valence-electron chi connectivity index (χ4n) is 2.50. The van der Waals surface area contributed by atoms with E-state index < -0.39 is 5.60 Å². The molecule has 1 rings (SSSR count). The summed E-state index contributed by atoms with van der Waals surface area (Å²) in [5, 5.41) is 0. The van der Waals surface area contributed by atoms with Crippen LogP contribution in [0.25, 0.3) is 0 Å². The molecule has 0 N–H and O–H groups in total. The lowest BCUT2D eigenvalue weighted by molar-refractivity contribution is -0.143. The molecule has 0 aromatic rings. The second kappa shape index (κ2) is 8.25. The number of ether oxygens (including phenoxy) is 2. The van der Waals surface area contributed by atoms with Crippen molar-refractivity contribution >= 4 is 12.1 Å². The Morgan fingerprint density at radius 1 is 1.19 bits per heavy atom. The van der Waals surface area contributed by atoms with E-state index >= 15 is 0 Å². The Labute approximate surface area is 128 Å². The highest BCUT2D eigenvalue weighted by Crippen LogP contribution is 2.24. The number of piperidine rings is 1. The maximum atomic E-state index is 11.9. The summed E-state index contributed by atoms with van der Waals surface area (Å²) in [4.78, 5) is 25.0. The highest BCUT2D eigenvalue weighted by molar-refractivity contribution is 5.69. The van der Waals surface area contributed by atoms with Gasteiger partial charge in [-0.25, -0.2) is 4.79 Å². The van der Waals surface area contributed by atoms with Crippen LogP contribution in [0.4, 0.5) is 4.79 Å². The van der Waals surface area contributed by atoms with E-state index in [9.17, 15) is 9.59 Å². The Balaban J connectivity index is 2.20. The van der Waals surface area contributed by atoms with Crippen LogP contribution >= 0.6 is 0 Å². The molecule has 0 radical (unpaired) electrons.